The number of carbonyl (C=O) groups is 1. The normalized spacial score (nSPS) is 10.4. The van der Waals surface area contributed by atoms with Gasteiger partial charge in [0.25, 0.3) is 5.56 Å². The van der Waals surface area contributed by atoms with E-state index < -0.39 is 17.2 Å². The van der Waals surface area contributed by atoms with Crippen LogP contribution in [-0.4, -0.2) is 22.2 Å². The van der Waals surface area contributed by atoms with E-state index in [0.717, 1.165) is 4.57 Å². The average Bonchev–Trinajstić information content (AvgIpc) is 2.95. The maximum Gasteiger partial charge on any atom is 0.351 e. The van der Waals surface area contributed by atoms with Gasteiger partial charge in [0, 0.05) is 20.2 Å². The number of rotatable bonds is 4. The lowest BCUT2D eigenvalue weighted by molar-refractivity contribution is 0.0601. The lowest BCUT2D eigenvalue weighted by Gasteiger charge is -2.10. The molecule has 112 valence electrons. The van der Waals surface area contributed by atoms with E-state index in [-0.39, 0.29) is 6.61 Å². The fourth-order valence-electron chi connectivity index (χ4n) is 1.72. The predicted molar refractivity (Wildman–Crippen MR) is 76.9 cm³/mol. The molecule has 0 N–H and O–H groups in total. The highest BCUT2D eigenvalue weighted by Gasteiger charge is 2.15. The highest BCUT2D eigenvalue weighted by Crippen LogP contribution is 2.26. The fourth-order valence-corrected chi connectivity index (χ4v) is 2.47. The van der Waals surface area contributed by atoms with Gasteiger partial charge >= 0.3 is 11.7 Å². The molecule has 2 aromatic heterocycles. The van der Waals surface area contributed by atoms with Crippen LogP contribution in [0.5, 0.6) is 5.75 Å². The van der Waals surface area contributed by atoms with E-state index in [1.54, 1.807) is 18.5 Å². The number of esters is 1. The first-order valence-electron chi connectivity index (χ1n) is 6.00. The van der Waals surface area contributed by atoms with Gasteiger partial charge in [0.05, 0.1) is 12.8 Å². The Morgan fingerprint density at radius 3 is 2.67 bits per heavy atom. The number of nitrogens with zero attached hydrogens (tertiary/aromatic N) is 2. The van der Waals surface area contributed by atoms with Crippen molar-refractivity contribution in [3.05, 3.63) is 48.9 Å². The Morgan fingerprint density at radius 2 is 2.00 bits per heavy atom. The average molecular weight is 310 g/mol. The molecular weight excluding hydrogens is 296 g/mol. The van der Waals surface area contributed by atoms with Gasteiger partial charge in [-0.2, -0.15) is 0 Å². The summed E-state index contributed by atoms with van der Waals surface area (Å²) >= 11 is 1.20. The Hall–Kier alpha value is -2.35. The number of hydrogen-bond acceptors (Lipinski definition) is 6. The van der Waals surface area contributed by atoms with Gasteiger partial charge in [-0.3, -0.25) is 13.9 Å². The van der Waals surface area contributed by atoms with E-state index in [1.165, 1.54) is 36.1 Å². The number of aromatic nitrogens is 2. The maximum absolute atomic E-state index is 11.8. The highest BCUT2D eigenvalue weighted by molar-refractivity contribution is 7.12. The Balaban J connectivity index is 2.26. The molecule has 2 aromatic rings. The zero-order valence-electron chi connectivity index (χ0n) is 11.8. The van der Waals surface area contributed by atoms with Crippen molar-refractivity contribution < 1.29 is 14.3 Å². The maximum atomic E-state index is 11.8. The van der Waals surface area contributed by atoms with Crippen LogP contribution >= 0.6 is 11.3 Å². The van der Waals surface area contributed by atoms with E-state index in [9.17, 15) is 14.4 Å². The van der Waals surface area contributed by atoms with Gasteiger partial charge in [0.2, 0.25) is 0 Å². The van der Waals surface area contributed by atoms with E-state index in [1.807, 2.05) is 0 Å². The van der Waals surface area contributed by atoms with Crippen molar-refractivity contribution in [2.45, 2.75) is 6.61 Å². The number of thiophene rings is 1. The van der Waals surface area contributed by atoms with Crippen molar-refractivity contribution in [1.29, 1.82) is 0 Å². The first-order valence-corrected chi connectivity index (χ1v) is 6.88. The number of carbonyl (C=O) groups excluding carboxylic acids is 1. The minimum atomic E-state index is -0.488. The molecule has 0 aliphatic heterocycles. The Labute approximate surface area is 124 Å². The molecule has 2 rings (SSSR count). The third kappa shape index (κ3) is 2.89. The largest absolute Gasteiger partial charge is 0.486 e. The van der Waals surface area contributed by atoms with Crippen molar-refractivity contribution in [3.63, 3.8) is 0 Å². The molecule has 8 heteroatoms. The summed E-state index contributed by atoms with van der Waals surface area (Å²) in [7, 11) is 4.25. The van der Waals surface area contributed by atoms with Crippen LogP contribution in [-0.2, 0) is 25.4 Å². The quantitative estimate of drug-likeness (QED) is 0.769. The van der Waals surface area contributed by atoms with Gasteiger partial charge in [-0.05, 0) is 11.4 Å². The van der Waals surface area contributed by atoms with Crippen LogP contribution in [0.4, 0.5) is 0 Å². The van der Waals surface area contributed by atoms with Crippen molar-refractivity contribution in [2.24, 2.45) is 14.1 Å². The van der Waals surface area contributed by atoms with E-state index in [2.05, 4.69) is 4.74 Å². The molecule has 0 unspecified atom stereocenters. The molecule has 0 fully saturated rings. The third-order valence-electron chi connectivity index (χ3n) is 3.00. The molecule has 0 bridgehead atoms. The summed E-state index contributed by atoms with van der Waals surface area (Å²) < 4.78 is 12.5. The zero-order chi connectivity index (χ0) is 15.6. The molecule has 0 aromatic carbocycles. The van der Waals surface area contributed by atoms with Crippen molar-refractivity contribution in [3.8, 4) is 5.75 Å². The Kier molecular flexibility index (Phi) is 4.27. The van der Waals surface area contributed by atoms with Crippen LogP contribution in [0, 0.1) is 0 Å². The van der Waals surface area contributed by atoms with Gasteiger partial charge in [0.1, 0.15) is 12.4 Å². The summed E-state index contributed by atoms with van der Waals surface area (Å²) in [5, 5.41) is 1.70. The summed E-state index contributed by atoms with van der Waals surface area (Å²) in [6, 6.07) is 2.96. The Bertz CT molecular complexity index is 787. The first kappa shape index (κ1) is 15.0. The van der Waals surface area contributed by atoms with Gasteiger partial charge in [-0.1, -0.05) is 0 Å². The summed E-state index contributed by atoms with van der Waals surface area (Å²) in [5.41, 5.74) is -0.417. The SMILES string of the molecule is COC(=O)c1sccc1OCc1cc(=O)n(C)c(=O)n1C. The smallest absolute Gasteiger partial charge is 0.351 e. The molecule has 0 amide bonds. The highest BCUT2D eigenvalue weighted by atomic mass is 32.1. The molecule has 2 heterocycles. The second-order valence-electron chi connectivity index (χ2n) is 4.27. The lowest BCUT2D eigenvalue weighted by Crippen LogP contribution is -2.38. The molecule has 0 saturated heterocycles. The van der Waals surface area contributed by atoms with Crippen LogP contribution < -0.4 is 16.0 Å². The summed E-state index contributed by atoms with van der Waals surface area (Å²) in [6.07, 6.45) is 0. The summed E-state index contributed by atoms with van der Waals surface area (Å²) in [4.78, 5) is 35.3. The summed E-state index contributed by atoms with van der Waals surface area (Å²) in [6.45, 7) is 0.00253. The fraction of sp³-hybridized carbons (Fsp3) is 0.308. The molecule has 0 radical (unpaired) electrons. The van der Waals surface area contributed by atoms with Gasteiger partial charge in [-0.15, -0.1) is 11.3 Å². The van der Waals surface area contributed by atoms with Crippen molar-refractivity contribution >= 4 is 17.3 Å². The van der Waals surface area contributed by atoms with Gasteiger partial charge in [-0.25, -0.2) is 9.59 Å². The standard InChI is InChI=1S/C13H14N2O5S/c1-14-8(6-10(16)15(2)13(14)18)7-20-9-4-5-21-11(9)12(17)19-3/h4-6H,7H2,1-3H3. The minimum Gasteiger partial charge on any atom is -0.486 e. The molecule has 0 aliphatic carbocycles. The minimum absolute atomic E-state index is 0.00253. The summed E-state index contributed by atoms with van der Waals surface area (Å²) in [5.74, 6) is -0.127. The number of ether oxygens (including phenoxy) is 2. The number of methoxy groups -OCH3 is 1. The second kappa shape index (κ2) is 5.96. The molecule has 0 aliphatic rings. The van der Waals surface area contributed by atoms with E-state index in [4.69, 9.17) is 4.74 Å². The molecule has 0 atom stereocenters. The topological polar surface area (TPSA) is 79.5 Å². The first-order chi connectivity index (χ1) is 9.95. The van der Waals surface area contributed by atoms with Crippen LogP contribution in [0.15, 0.2) is 27.1 Å². The van der Waals surface area contributed by atoms with E-state index >= 15 is 0 Å². The Morgan fingerprint density at radius 1 is 1.29 bits per heavy atom. The molecule has 21 heavy (non-hydrogen) atoms. The van der Waals surface area contributed by atoms with Crippen molar-refractivity contribution in [1.82, 2.24) is 9.13 Å². The third-order valence-corrected chi connectivity index (χ3v) is 3.88. The second-order valence-corrected chi connectivity index (χ2v) is 5.18. The van der Waals surface area contributed by atoms with E-state index in [0.29, 0.717) is 16.3 Å². The predicted octanol–water partition coefficient (Wildman–Crippen LogP) is 0.511. The molecule has 7 nitrogen and oxygen atoms in total. The van der Waals surface area contributed by atoms with Crippen LogP contribution in [0.1, 0.15) is 15.4 Å². The van der Waals surface area contributed by atoms with Crippen LogP contribution in [0.3, 0.4) is 0 Å². The number of hydrogen-bond donors (Lipinski definition) is 0. The zero-order valence-corrected chi connectivity index (χ0v) is 12.6. The van der Waals surface area contributed by atoms with Crippen LogP contribution in [0.2, 0.25) is 0 Å². The lowest BCUT2D eigenvalue weighted by atomic mass is 10.4. The molecular formula is C13H14N2O5S. The van der Waals surface area contributed by atoms with Crippen molar-refractivity contribution in [2.75, 3.05) is 7.11 Å². The van der Waals surface area contributed by atoms with Gasteiger partial charge < -0.3 is 9.47 Å². The molecule has 0 saturated carbocycles. The monoisotopic (exact) mass is 310 g/mol. The van der Waals surface area contributed by atoms with Crippen LogP contribution in [0.25, 0.3) is 0 Å². The molecule has 0 spiro atoms. The van der Waals surface area contributed by atoms with Gasteiger partial charge in [0.15, 0.2) is 4.88 Å².